The predicted octanol–water partition coefficient (Wildman–Crippen LogP) is 5.34. The number of hydrogen-bond acceptors (Lipinski definition) is 1. The van der Waals surface area contributed by atoms with E-state index in [1.54, 1.807) is 0 Å². The van der Waals surface area contributed by atoms with E-state index >= 15 is 0 Å². The lowest BCUT2D eigenvalue weighted by atomic mass is 9.92. The monoisotopic (exact) mass is 268 g/mol. The van der Waals surface area contributed by atoms with Crippen LogP contribution in [0.5, 0.6) is 0 Å². The summed E-state index contributed by atoms with van der Waals surface area (Å²) in [4.78, 5) is 11.1. The summed E-state index contributed by atoms with van der Waals surface area (Å²) < 4.78 is 0. The molecule has 0 spiro atoms. The predicted molar refractivity (Wildman–Crippen MR) is 86.6 cm³/mol. The molecule has 20 heavy (non-hydrogen) atoms. The second-order valence-corrected chi connectivity index (χ2v) is 5.52. The van der Waals surface area contributed by atoms with Crippen molar-refractivity contribution in [2.75, 3.05) is 0 Å². The maximum absolute atomic E-state index is 11.1. The van der Waals surface area contributed by atoms with Crippen molar-refractivity contribution in [1.29, 1.82) is 0 Å². The Kier molecular flexibility index (Phi) is 5.34. The number of benzene rings is 2. The highest BCUT2D eigenvalue weighted by Gasteiger charge is 2.08. The van der Waals surface area contributed by atoms with E-state index in [0.29, 0.717) is 0 Å². The highest BCUT2D eigenvalue weighted by molar-refractivity contribution is 5.93. The SMILES string of the molecule is CCCCc1cccc2cc(C=O)cc(CCCC)c12. The third kappa shape index (κ3) is 3.27. The van der Waals surface area contributed by atoms with Crippen molar-refractivity contribution in [2.45, 2.75) is 52.4 Å². The Hall–Kier alpha value is -1.63. The average Bonchev–Trinajstić information content (AvgIpc) is 2.49. The number of aldehydes is 1. The van der Waals surface area contributed by atoms with Crippen LogP contribution in [0.3, 0.4) is 0 Å². The zero-order valence-electron chi connectivity index (χ0n) is 12.6. The Morgan fingerprint density at radius 2 is 1.65 bits per heavy atom. The lowest BCUT2D eigenvalue weighted by Crippen LogP contribution is -1.96. The number of carbonyl (C=O) groups excluding carboxylic acids is 1. The molecule has 0 aromatic heterocycles. The molecule has 0 atom stereocenters. The fourth-order valence-corrected chi connectivity index (χ4v) is 2.83. The van der Waals surface area contributed by atoms with E-state index in [-0.39, 0.29) is 0 Å². The van der Waals surface area contributed by atoms with E-state index in [9.17, 15) is 4.79 Å². The minimum absolute atomic E-state index is 0.802. The molecular weight excluding hydrogens is 244 g/mol. The highest BCUT2D eigenvalue weighted by Crippen LogP contribution is 2.27. The van der Waals surface area contributed by atoms with Gasteiger partial charge in [-0.25, -0.2) is 0 Å². The maximum Gasteiger partial charge on any atom is 0.150 e. The molecule has 0 saturated carbocycles. The van der Waals surface area contributed by atoms with Crippen molar-refractivity contribution >= 4 is 17.1 Å². The minimum Gasteiger partial charge on any atom is -0.298 e. The van der Waals surface area contributed by atoms with Crippen molar-refractivity contribution in [3.63, 3.8) is 0 Å². The molecule has 1 nitrogen and oxygen atoms in total. The lowest BCUT2D eigenvalue weighted by molar-refractivity contribution is 0.112. The third-order valence-corrected chi connectivity index (χ3v) is 3.90. The first-order valence-electron chi connectivity index (χ1n) is 7.79. The average molecular weight is 268 g/mol. The number of carbonyl (C=O) groups is 1. The Morgan fingerprint density at radius 1 is 0.950 bits per heavy atom. The second kappa shape index (κ2) is 7.23. The molecule has 0 aliphatic rings. The third-order valence-electron chi connectivity index (χ3n) is 3.90. The quantitative estimate of drug-likeness (QED) is 0.620. The van der Waals surface area contributed by atoms with Gasteiger partial charge < -0.3 is 0 Å². The summed E-state index contributed by atoms with van der Waals surface area (Å²) in [6.45, 7) is 4.44. The van der Waals surface area contributed by atoms with Crippen LogP contribution in [-0.2, 0) is 12.8 Å². The second-order valence-electron chi connectivity index (χ2n) is 5.52. The minimum atomic E-state index is 0.802. The van der Waals surface area contributed by atoms with Gasteiger partial charge in [-0.1, -0.05) is 44.9 Å². The summed E-state index contributed by atoms with van der Waals surface area (Å²) in [7, 11) is 0. The van der Waals surface area contributed by atoms with Crippen LogP contribution in [0, 0.1) is 0 Å². The van der Waals surface area contributed by atoms with E-state index in [2.05, 4.69) is 38.1 Å². The number of fused-ring (bicyclic) bond motifs is 1. The first kappa shape index (κ1) is 14.8. The van der Waals surface area contributed by atoms with Crippen LogP contribution in [0.15, 0.2) is 30.3 Å². The Labute approximate surface area is 122 Å². The largest absolute Gasteiger partial charge is 0.298 e. The first-order chi connectivity index (χ1) is 9.80. The smallest absolute Gasteiger partial charge is 0.150 e. The zero-order valence-corrected chi connectivity index (χ0v) is 12.6. The molecule has 0 saturated heterocycles. The summed E-state index contributed by atoms with van der Waals surface area (Å²) >= 11 is 0. The van der Waals surface area contributed by atoms with Gasteiger partial charge in [-0.3, -0.25) is 4.79 Å². The van der Waals surface area contributed by atoms with Crippen LogP contribution in [-0.4, -0.2) is 6.29 Å². The Balaban J connectivity index is 2.54. The number of hydrogen-bond donors (Lipinski definition) is 0. The van der Waals surface area contributed by atoms with Gasteiger partial charge in [0.15, 0.2) is 0 Å². The fraction of sp³-hybridized carbons (Fsp3) is 0.421. The van der Waals surface area contributed by atoms with Gasteiger partial charge in [-0.2, -0.15) is 0 Å². The topological polar surface area (TPSA) is 17.1 Å². The van der Waals surface area contributed by atoms with Gasteiger partial charge in [0.2, 0.25) is 0 Å². The molecular formula is C19H24O. The van der Waals surface area contributed by atoms with Crippen LogP contribution in [0.4, 0.5) is 0 Å². The van der Waals surface area contributed by atoms with Gasteiger partial charge in [-0.15, -0.1) is 0 Å². The number of rotatable bonds is 7. The van der Waals surface area contributed by atoms with Crippen LogP contribution in [0.2, 0.25) is 0 Å². The molecule has 0 fully saturated rings. The highest BCUT2D eigenvalue weighted by atomic mass is 16.1. The summed E-state index contributed by atoms with van der Waals surface area (Å²) in [5.41, 5.74) is 3.59. The first-order valence-corrected chi connectivity index (χ1v) is 7.79. The summed E-state index contributed by atoms with van der Waals surface area (Å²) in [6.07, 6.45) is 7.97. The summed E-state index contributed by atoms with van der Waals surface area (Å²) in [5.74, 6) is 0. The van der Waals surface area contributed by atoms with Crippen molar-refractivity contribution < 1.29 is 4.79 Å². The molecule has 0 bridgehead atoms. The summed E-state index contributed by atoms with van der Waals surface area (Å²) in [5, 5.41) is 2.61. The molecule has 0 unspecified atom stereocenters. The molecule has 0 aliphatic heterocycles. The molecule has 0 N–H and O–H groups in total. The van der Waals surface area contributed by atoms with Crippen LogP contribution in [0.25, 0.3) is 10.8 Å². The van der Waals surface area contributed by atoms with Crippen LogP contribution >= 0.6 is 0 Å². The number of unbranched alkanes of at least 4 members (excludes halogenated alkanes) is 2. The van der Waals surface area contributed by atoms with E-state index in [1.807, 2.05) is 6.07 Å². The molecule has 2 aromatic carbocycles. The van der Waals surface area contributed by atoms with E-state index in [0.717, 1.165) is 24.7 Å². The van der Waals surface area contributed by atoms with Crippen LogP contribution < -0.4 is 0 Å². The van der Waals surface area contributed by atoms with Gasteiger partial charge >= 0.3 is 0 Å². The molecule has 0 amide bonds. The van der Waals surface area contributed by atoms with Crippen molar-refractivity contribution in [1.82, 2.24) is 0 Å². The molecule has 0 radical (unpaired) electrons. The molecule has 1 heteroatoms. The van der Waals surface area contributed by atoms with Crippen molar-refractivity contribution in [3.05, 3.63) is 47.0 Å². The van der Waals surface area contributed by atoms with E-state index < -0.39 is 0 Å². The van der Waals surface area contributed by atoms with Gasteiger partial charge in [-0.05, 0) is 59.7 Å². The van der Waals surface area contributed by atoms with Crippen molar-refractivity contribution in [2.24, 2.45) is 0 Å². The Bertz CT molecular complexity index is 584. The van der Waals surface area contributed by atoms with Gasteiger partial charge in [0.25, 0.3) is 0 Å². The van der Waals surface area contributed by atoms with Gasteiger partial charge in [0.1, 0.15) is 6.29 Å². The normalized spacial score (nSPS) is 10.9. The molecule has 0 aliphatic carbocycles. The van der Waals surface area contributed by atoms with E-state index in [1.165, 1.54) is 47.6 Å². The maximum atomic E-state index is 11.1. The standard InChI is InChI=1S/C19H24O/c1-3-5-8-16-10-7-11-18-13-15(14-20)12-17(19(16)18)9-6-4-2/h7,10-14H,3-6,8-9H2,1-2H3. The lowest BCUT2D eigenvalue weighted by Gasteiger charge is -2.12. The van der Waals surface area contributed by atoms with Gasteiger partial charge in [0.05, 0.1) is 0 Å². The number of aryl methyl sites for hydroxylation is 2. The van der Waals surface area contributed by atoms with Crippen LogP contribution in [0.1, 0.15) is 61.0 Å². The molecule has 0 heterocycles. The summed E-state index contributed by atoms with van der Waals surface area (Å²) in [6, 6.07) is 10.6. The fourth-order valence-electron chi connectivity index (χ4n) is 2.83. The van der Waals surface area contributed by atoms with Crippen molar-refractivity contribution in [3.8, 4) is 0 Å². The zero-order chi connectivity index (χ0) is 14.4. The van der Waals surface area contributed by atoms with Gasteiger partial charge in [0, 0.05) is 5.56 Å². The van der Waals surface area contributed by atoms with E-state index in [4.69, 9.17) is 0 Å². The molecule has 2 aromatic rings. The Morgan fingerprint density at radius 3 is 2.30 bits per heavy atom. The molecule has 106 valence electrons. The molecule has 2 rings (SSSR count).